The number of nitrogens with two attached hydrogens (primary N) is 1. The number of nitrogens with zero attached hydrogens (tertiary/aromatic N) is 2. The van der Waals surface area contributed by atoms with Crippen molar-refractivity contribution in [2.24, 2.45) is 10.7 Å². The number of benzene rings is 4. The molecule has 0 unspecified atom stereocenters. The summed E-state index contributed by atoms with van der Waals surface area (Å²) in [5.74, 6) is 0.519. The Morgan fingerprint density at radius 2 is 1.67 bits per heavy atom. The first-order valence-corrected chi connectivity index (χ1v) is 10.5. The van der Waals surface area contributed by atoms with Gasteiger partial charge in [-0.25, -0.2) is 0 Å². The van der Waals surface area contributed by atoms with Crippen LogP contribution in [0.25, 0.3) is 21.9 Å². The van der Waals surface area contributed by atoms with Gasteiger partial charge >= 0.3 is 0 Å². The molecular weight excluding hydrogens is 366 g/mol. The van der Waals surface area contributed by atoms with E-state index in [2.05, 4.69) is 82.7 Å². The van der Waals surface area contributed by atoms with E-state index in [-0.39, 0.29) is 0 Å². The van der Waals surface area contributed by atoms with Crippen molar-refractivity contribution in [3.8, 4) is 11.1 Å². The van der Waals surface area contributed by atoms with Gasteiger partial charge in [0.2, 0.25) is 0 Å². The summed E-state index contributed by atoms with van der Waals surface area (Å²) in [5, 5.41) is 2.69. The number of hydrogen-bond donors (Lipinski definition) is 1. The number of aliphatic imine (C=N–C) groups is 1. The molecule has 0 aliphatic heterocycles. The molecule has 0 aromatic heterocycles. The average molecular weight is 390 g/mol. The van der Waals surface area contributed by atoms with Gasteiger partial charge in [0.15, 0.2) is 5.96 Å². The van der Waals surface area contributed by atoms with Gasteiger partial charge < -0.3 is 5.73 Å². The van der Waals surface area contributed by atoms with Crippen molar-refractivity contribution in [2.75, 3.05) is 11.9 Å². The number of guanidine groups is 1. The second-order valence-corrected chi connectivity index (χ2v) is 8.17. The molecule has 3 nitrogen and oxygen atoms in total. The number of aryl methyl sites for hydroxylation is 2. The molecule has 2 N–H and O–H groups in total. The number of anilines is 2. The summed E-state index contributed by atoms with van der Waals surface area (Å²) < 4.78 is 0. The van der Waals surface area contributed by atoms with E-state index in [0.29, 0.717) is 5.96 Å². The molecule has 2 aliphatic carbocycles. The van der Waals surface area contributed by atoms with E-state index in [9.17, 15) is 0 Å². The molecule has 0 spiro atoms. The van der Waals surface area contributed by atoms with E-state index in [1.165, 1.54) is 44.2 Å². The van der Waals surface area contributed by atoms with Gasteiger partial charge in [0, 0.05) is 12.7 Å². The molecule has 3 heteroatoms. The highest BCUT2D eigenvalue weighted by atomic mass is 15.3. The fourth-order valence-corrected chi connectivity index (χ4v) is 5.22. The summed E-state index contributed by atoms with van der Waals surface area (Å²) in [6.45, 7) is 0. The Labute approximate surface area is 176 Å². The minimum Gasteiger partial charge on any atom is -0.369 e. The lowest BCUT2D eigenvalue weighted by Crippen LogP contribution is -2.34. The first kappa shape index (κ1) is 17.3. The summed E-state index contributed by atoms with van der Waals surface area (Å²) in [7, 11) is 1.76. The van der Waals surface area contributed by atoms with Crippen LogP contribution < -0.4 is 10.6 Å². The van der Waals surface area contributed by atoms with Crippen LogP contribution in [0.15, 0.2) is 77.8 Å². The summed E-state index contributed by atoms with van der Waals surface area (Å²) in [6, 6.07) is 26.4. The Bertz CT molecular complexity index is 1350. The molecule has 146 valence electrons. The average Bonchev–Trinajstić information content (AvgIpc) is 3.38. The zero-order valence-corrected chi connectivity index (χ0v) is 17.0. The largest absolute Gasteiger partial charge is 0.369 e. The lowest BCUT2D eigenvalue weighted by atomic mass is 10.0. The van der Waals surface area contributed by atoms with Crippen LogP contribution in [0, 0.1) is 0 Å². The van der Waals surface area contributed by atoms with E-state index >= 15 is 0 Å². The Kier molecular flexibility index (Phi) is 3.72. The predicted molar refractivity (Wildman–Crippen MR) is 126 cm³/mol. The zero-order chi connectivity index (χ0) is 20.2. The zero-order valence-electron chi connectivity index (χ0n) is 17.0. The van der Waals surface area contributed by atoms with Crippen molar-refractivity contribution in [3.63, 3.8) is 0 Å². The Morgan fingerprint density at radius 3 is 2.57 bits per heavy atom. The van der Waals surface area contributed by atoms with E-state index in [0.717, 1.165) is 30.6 Å². The highest BCUT2D eigenvalue weighted by molar-refractivity contribution is 6.06. The SMILES string of the molecule is CN=C(N)N(c1ccc2c(c1)Cc1ccccc1-2)c1ccc2cccc3c2c1CC3. The van der Waals surface area contributed by atoms with Gasteiger partial charge in [0.05, 0.1) is 5.69 Å². The molecule has 6 rings (SSSR count). The van der Waals surface area contributed by atoms with Crippen LogP contribution >= 0.6 is 0 Å². The van der Waals surface area contributed by atoms with Crippen molar-refractivity contribution < 1.29 is 0 Å². The van der Waals surface area contributed by atoms with E-state index < -0.39 is 0 Å². The van der Waals surface area contributed by atoms with Crippen LogP contribution in [-0.2, 0) is 19.3 Å². The number of fused-ring (bicyclic) bond motifs is 3. The van der Waals surface area contributed by atoms with Crippen LogP contribution in [0.4, 0.5) is 11.4 Å². The van der Waals surface area contributed by atoms with E-state index in [1.807, 2.05) is 0 Å². The van der Waals surface area contributed by atoms with Crippen molar-refractivity contribution in [1.82, 2.24) is 0 Å². The van der Waals surface area contributed by atoms with Crippen molar-refractivity contribution in [3.05, 3.63) is 95.1 Å². The quantitative estimate of drug-likeness (QED) is 0.316. The normalized spacial score (nSPS) is 14.1. The smallest absolute Gasteiger partial charge is 0.200 e. The van der Waals surface area contributed by atoms with Gasteiger partial charge in [0.1, 0.15) is 0 Å². The molecule has 0 fully saturated rings. The summed E-state index contributed by atoms with van der Waals surface area (Å²) in [4.78, 5) is 6.49. The molecule has 2 aliphatic rings. The second-order valence-electron chi connectivity index (χ2n) is 8.17. The number of rotatable bonds is 2. The minimum atomic E-state index is 0.519. The third-order valence-corrected chi connectivity index (χ3v) is 6.59. The highest BCUT2D eigenvalue weighted by Crippen LogP contribution is 2.42. The monoisotopic (exact) mass is 389 g/mol. The molecule has 0 saturated carbocycles. The molecular formula is C27H23N3. The maximum atomic E-state index is 6.47. The molecule has 0 bridgehead atoms. The highest BCUT2D eigenvalue weighted by Gasteiger charge is 2.25. The lowest BCUT2D eigenvalue weighted by molar-refractivity contribution is 1.02. The fourth-order valence-electron chi connectivity index (χ4n) is 5.22. The molecule has 4 aromatic carbocycles. The summed E-state index contributed by atoms with van der Waals surface area (Å²) >= 11 is 0. The van der Waals surface area contributed by atoms with Gasteiger partial charge in [-0.05, 0) is 81.6 Å². The molecule has 4 aromatic rings. The van der Waals surface area contributed by atoms with Gasteiger partial charge in [-0.1, -0.05) is 54.6 Å². The second kappa shape index (κ2) is 6.46. The first-order valence-electron chi connectivity index (χ1n) is 10.5. The minimum absolute atomic E-state index is 0.519. The Morgan fingerprint density at radius 1 is 0.833 bits per heavy atom. The summed E-state index contributed by atoms with van der Waals surface area (Å²) in [6.07, 6.45) is 3.08. The van der Waals surface area contributed by atoms with Gasteiger partial charge in [-0.15, -0.1) is 0 Å². The van der Waals surface area contributed by atoms with Gasteiger partial charge in [0.25, 0.3) is 0 Å². The molecule has 30 heavy (non-hydrogen) atoms. The van der Waals surface area contributed by atoms with Gasteiger partial charge in [-0.3, -0.25) is 9.89 Å². The van der Waals surface area contributed by atoms with Gasteiger partial charge in [-0.2, -0.15) is 0 Å². The maximum absolute atomic E-state index is 6.47. The first-order chi connectivity index (χ1) is 14.7. The molecule has 0 saturated heterocycles. The van der Waals surface area contributed by atoms with Crippen LogP contribution in [0.1, 0.15) is 22.3 Å². The Balaban J connectivity index is 1.52. The van der Waals surface area contributed by atoms with Crippen LogP contribution in [0.3, 0.4) is 0 Å². The standard InChI is InChI=1S/C27H23N3/c1-29-27(28)30(25-14-10-18-7-4-6-17-9-12-24(25)26(17)18)21-11-13-23-20(16-21)15-19-5-2-3-8-22(19)23/h2-8,10-11,13-14,16H,9,12,15H2,1H3,(H2,28,29). The van der Waals surface area contributed by atoms with Crippen molar-refractivity contribution >= 4 is 28.1 Å². The third-order valence-electron chi connectivity index (χ3n) is 6.59. The van der Waals surface area contributed by atoms with Crippen LogP contribution in [0.2, 0.25) is 0 Å². The van der Waals surface area contributed by atoms with Crippen molar-refractivity contribution in [2.45, 2.75) is 19.3 Å². The Hall–Kier alpha value is -3.59. The van der Waals surface area contributed by atoms with E-state index in [4.69, 9.17) is 5.73 Å². The van der Waals surface area contributed by atoms with Crippen molar-refractivity contribution in [1.29, 1.82) is 0 Å². The molecule has 0 amide bonds. The fraction of sp³-hybridized carbons (Fsp3) is 0.148. The van der Waals surface area contributed by atoms with Crippen LogP contribution in [-0.4, -0.2) is 13.0 Å². The topological polar surface area (TPSA) is 41.6 Å². The third kappa shape index (κ3) is 2.42. The predicted octanol–water partition coefficient (Wildman–Crippen LogP) is 5.59. The molecule has 0 radical (unpaired) electrons. The number of hydrogen-bond acceptors (Lipinski definition) is 1. The van der Waals surface area contributed by atoms with Crippen LogP contribution in [0.5, 0.6) is 0 Å². The summed E-state index contributed by atoms with van der Waals surface area (Å²) in [5.41, 5.74) is 16.9. The van der Waals surface area contributed by atoms with E-state index in [1.54, 1.807) is 7.05 Å². The lowest BCUT2D eigenvalue weighted by Gasteiger charge is -2.27. The molecule has 0 heterocycles. The maximum Gasteiger partial charge on any atom is 0.200 e. The molecule has 0 atom stereocenters.